The molecule has 3 N–H and O–H groups in total. The van der Waals surface area contributed by atoms with E-state index in [1.165, 1.54) is 18.3 Å². The number of nitrogens with one attached hydrogen (secondary N) is 3. The number of ether oxygens (including phenoxy) is 1. The summed E-state index contributed by atoms with van der Waals surface area (Å²) < 4.78 is 53.1. The fourth-order valence-corrected chi connectivity index (χ4v) is 5.42. The Morgan fingerprint density at radius 1 is 1.28 bits per heavy atom. The number of pyridine rings is 1. The summed E-state index contributed by atoms with van der Waals surface area (Å²) in [6, 6.07) is 2.78. The highest BCUT2D eigenvalue weighted by Crippen LogP contribution is 2.70. The van der Waals surface area contributed by atoms with Gasteiger partial charge in [-0.1, -0.05) is 0 Å². The smallest absolute Gasteiger partial charge is 0.273 e. The zero-order valence-electron chi connectivity index (χ0n) is 22.9. The van der Waals surface area contributed by atoms with Gasteiger partial charge in [0.25, 0.3) is 5.91 Å². The topological polar surface area (TPSA) is 156 Å². The van der Waals surface area contributed by atoms with Crippen molar-refractivity contribution in [3.05, 3.63) is 24.0 Å². The average Bonchev–Trinajstić information content (AvgIpc) is 3.76. The van der Waals surface area contributed by atoms with Crippen LogP contribution < -0.4 is 20.9 Å². The molecular formula is C23H29N7O5S. The van der Waals surface area contributed by atoms with Crippen molar-refractivity contribution in [3.8, 4) is 0 Å². The third-order valence-electron chi connectivity index (χ3n) is 6.96. The summed E-state index contributed by atoms with van der Waals surface area (Å²) in [6.45, 7) is 0.666. The number of amides is 2. The molecule has 5 rings (SSSR count). The predicted molar refractivity (Wildman–Crippen MR) is 132 cm³/mol. The fourth-order valence-electron chi connectivity index (χ4n) is 4.63. The Morgan fingerprint density at radius 2 is 2.08 bits per heavy atom. The lowest BCUT2D eigenvalue weighted by Crippen LogP contribution is -2.43. The summed E-state index contributed by atoms with van der Waals surface area (Å²) in [6.07, 6.45) is 5.37. The first kappa shape index (κ1) is 20.8. The molecule has 1 saturated heterocycles. The van der Waals surface area contributed by atoms with Gasteiger partial charge < -0.3 is 25.6 Å². The van der Waals surface area contributed by atoms with Crippen molar-refractivity contribution in [2.75, 3.05) is 48.5 Å². The number of carbonyl (C=O) groups is 2. The van der Waals surface area contributed by atoms with Crippen molar-refractivity contribution < 1.29 is 26.9 Å². The first-order valence-electron chi connectivity index (χ1n) is 13.1. The van der Waals surface area contributed by atoms with Gasteiger partial charge in [0, 0.05) is 41.9 Å². The quantitative estimate of drug-likeness (QED) is 0.489. The van der Waals surface area contributed by atoms with E-state index < -0.39 is 28.4 Å². The van der Waals surface area contributed by atoms with Gasteiger partial charge in [0.2, 0.25) is 5.91 Å². The van der Waals surface area contributed by atoms with Gasteiger partial charge in [-0.2, -0.15) is 0 Å². The molecular weight excluding hydrogens is 486 g/mol. The van der Waals surface area contributed by atoms with Crippen LogP contribution in [0, 0.1) is 11.3 Å². The van der Waals surface area contributed by atoms with Gasteiger partial charge in [-0.05, 0) is 37.7 Å². The maximum absolute atomic E-state index is 12.8. The van der Waals surface area contributed by atoms with Crippen molar-refractivity contribution in [2.24, 2.45) is 11.3 Å². The number of anilines is 4. The molecule has 3 fully saturated rings. The molecule has 12 nitrogen and oxygen atoms in total. The van der Waals surface area contributed by atoms with E-state index in [0.29, 0.717) is 25.4 Å². The minimum absolute atomic E-state index is 0.00114. The molecule has 3 aliphatic rings. The summed E-state index contributed by atoms with van der Waals surface area (Å²) in [5, 5.41) is 15.1. The molecule has 3 heterocycles. The summed E-state index contributed by atoms with van der Waals surface area (Å²) in [4.78, 5) is 31.6. The maximum atomic E-state index is 12.8. The Kier molecular flexibility index (Phi) is 5.19. The van der Waals surface area contributed by atoms with Crippen LogP contribution in [0.15, 0.2) is 23.2 Å². The van der Waals surface area contributed by atoms with Gasteiger partial charge in [-0.15, -0.1) is 10.2 Å². The van der Waals surface area contributed by atoms with Crippen LogP contribution in [-0.4, -0.2) is 74.4 Å². The largest absolute Gasteiger partial charge is 0.377 e. The SMILES string of the molecule is [2H]C([2H])([2H])NC(=O)c1nnc(NC(=O)[C@H]2CC23CC3)cc1Nc1ncc(N2CCOC[C@@H]2C)cc1S(C)(=O)=O. The van der Waals surface area contributed by atoms with Gasteiger partial charge >= 0.3 is 0 Å². The lowest BCUT2D eigenvalue weighted by atomic mass is 10.2. The standard InChI is InChI=1S/C23H29N7O5S/c1-13-12-35-7-6-30(13)14-8-17(36(3,33)34)20(25-11-14)26-16-9-18(28-29-19(16)22(32)24-2)27-21(31)15-10-23(15)4-5-23/h8-9,11,13,15H,4-7,10,12H2,1-3H3,(H,24,32)(H2,25,26,27,28,31)/t13-,15+/m0/s1/i2D3. The minimum atomic E-state index is -3.81. The monoisotopic (exact) mass is 518 g/mol. The number of nitrogens with zero attached hydrogens (tertiary/aromatic N) is 4. The third kappa shape index (κ3) is 4.72. The van der Waals surface area contributed by atoms with Crippen LogP contribution in [0.3, 0.4) is 0 Å². The number of hydrogen-bond acceptors (Lipinski definition) is 10. The van der Waals surface area contributed by atoms with E-state index >= 15 is 0 Å². The highest BCUT2D eigenvalue weighted by molar-refractivity contribution is 7.90. The minimum Gasteiger partial charge on any atom is -0.377 e. The van der Waals surface area contributed by atoms with E-state index in [1.54, 1.807) is 0 Å². The zero-order chi connectivity index (χ0) is 28.2. The van der Waals surface area contributed by atoms with Crippen LogP contribution in [0.1, 0.15) is 40.8 Å². The molecule has 2 atom stereocenters. The van der Waals surface area contributed by atoms with Crippen LogP contribution in [0.4, 0.5) is 23.0 Å². The molecule has 0 unspecified atom stereocenters. The predicted octanol–water partition coefficient (Wildman–Crippen LogP) is 1.34. The normalized spacial score (nSPS) is 23.7. The maximum Gasteiger partial charge on any atom is 0.273 e. The zero-order valence-corrected chi connectivity index (χ0v) is 20.7. The second-order valence-electron chi connectivity index (χ2n) is 9.61. The van der Waals surface area contributed by atoms with Gasteiger partial charge in [-0.3, -0.25) is 9.59 Å². The molecule has 0 aromatic carbocycles. The van der Waals surface area contributed by atoms with E-state index in [2.05, 4.69) is 25.8 Å². The van der Waals surface area contributed by atoms with Gasteiger partial charge in [-0.25, -0.2) is 13.4 Å². The first-order chi connectivity index (χ1) is 18.3. The second-order valence-corrected chi connectivity index (χ2v) is 11.6. The Labute approximate surface area is 213 Å². The summed E-state index contributed by atoms with van der Waals surface area (Å²) in [5.74, 6) is -1.47. The fraction of sp³-hybridized carbons (Fsp3) is 0.522. The Bertz CT molecular complexity index is 1430. The highest BCUT2D eigenvalue weighted by atomic mass is 32.2. The van der Waals surface area contributed by atoms with Crippen molar-refractivity contribution in [2.45, 2.75) is 37.1 Å². The highest BCUT2D eigenvalue weighted by Gasteiger charge is 2.65. The summed E-state index contributed by atoms with van der Waals surface area (Å²) in [7, 11) is -3.81. The van der Waals surface area contributed by atoms with E-state index in [0.717, 1.165) is 25.5 Å². The van der Waals surface area contributed by atoms with Gasteiger partial charge in [0.15, 0.2) is 21.3 Å². The summed E-state index contributed by atoms with van der Waals surface area (Å²) in [5.41, 5.74) is 0.188. The molecule has 2 amide bonds. The molecule has 1 aliphatic heterocycles. The molecule has 192 valence electrons. The first-order valence-corrected chi connectivity index (χ1v) is 13.5. The van der Waals surface area contributed by atoms with E-state index in [9.17, 15) is 18.0 Å². The van der Waals surface area contributed by atoms with E-state index in [-0.39, 0.29) is 45.5 Å². The molecule has 2 aromatic rings. The number of morpholine rings is 1. The Morgan fingerprint density at radius 3 is 2.75 bits per heavy atom. The van der Waals surface area contributed by atoms with Crippen LogP contribution in [-0.2, 0) is 19.4 Å². The third-order valence-corrected chi connectivity index (χ3v) is 8.07. The molecule has 0 bridgehead atoms. The average molecular weight is 519 g/mol. The molecule has 2 saturated carbocycles. The van der Waals surface area contributed by atoms with E-state index in [4.69, 9.17) is 8.85 Å². The number of sulfone groups is 1. The van der Waals surface area contributed by atoms with Crippen molar-refractivity contribution in [3.63, 3.8) is 0 Å². The van der Waals surface area contributed by atoms with Crippen LogP contribution >= 0.6 is 0 Å². The number of aromatic nitrogens is 3. The lowest BCUT2D eigenvalue weighted by Gasteiger charge is -2.35. The van der Waals surface area contributed by atoms with Gasteiger partial charge in [0.05, 0.1) is 30.8 Å². The molecule has 36 heavy (non-hydrogen) atoms. The molecule has 2 aromatic heterocycles. The van der Waals surface area contributed by atoms with Crippen LogP contribution in [0.25, 0.3) is 0 Å². The van der Waals surface area contributed by atoms with Crippen molar-refractivity contribution >= 4 is 44.7 Å². The number of carbonyl (C=O) groups excluding carboxylic acids is 2. The van der Waals surface area contributed by atoms with Gasteiger partial charge in [0.1, 0.15) is 10.7 Å². The number of hydrogen-bond donors (Lipinski definition) is 3. The second kappa shape index (κ2) is 8.96. The van der Waals surface area contributed by atoms with Crippen LogP contribution in [0.2, 0.25) is 0 Å². The lowest BCUT2D eigenvalue weighted by molar-refractivity contribution is -0.117. The Balaban J connectivity index is 1.49. The van der Waals surface area contributed by atoms with E-state index in [1.807, 2.05) is 17.1 Å². The number of rotatable bonds is 7. The molecule has 2 aliphatic carbocycles. The Hall–Kier alpha value is -3.32. The van der Waals surface area contributed by atoms with Crippen molar-refractivity contribution in [1.82, 2.24) is 20.5 Å². The van der Waals surface area contributed by atoms with Crippen molar-refractivity contribution in [1.29, 1.82) is 0 Å². The molecule has 0 radical (unpaired) electrons. The van der Waals surface area contributed by atoms with Crippen LogP contribution in [0.5, 0.6) is 0 Å². The molecule has 13 heteroatoms. The summed E-state index contributed by atoms with van der Waals surface area (Å²) >= 11 is 0. The molecule has 1 spiro atoms.